The van der Waals surface area contributed by atoms with Crippen molar-refractivity contribution < 1.29 is 14.3 Å². The summed E-state index contributed by atoms with van der Waals surface area (Å²) in [7, 11) is 3.23. The minimum absolute atomic E-state index is 0.0311. The first-order valence-corrected chi connectivity index (χ1v) is 8.21. The van der Waals surface area contributed by atoms with Gasteiger partial charge in [-0.3, -0.25) is 4.79 Å². The molecule has 2 aliphatic rings. The van der Waals surface area contributed by atoms with Gasteiger partial charge in [-0.25, -0.2) is 0 Å². The van der Waals surface area contributed by atoms with Crippen LogP contribution in [0.2, 0.25) is 0 Å². The van der Waals surface area contributed by atoms with E-state index in [1.165, 1.54) is 18.2 Å². The van der Waals surface area contributed by atoms with Crippen molar-refractivity contribution in [2.24, 2.45) is 11.3 Å². The summed E-state index contributed by atoms with van der Waals surface area (Å²) in [6.07, 6.45) is 5.21. The van der Waals surface area contributed by atoms with Gasteiger partial charge in [0.2, 0.25) is 0 Å². The first-order valence-electron chi connectivity index (χ1n) is 8.21. The highest BCUT2D eigenvalue weighted by atomic mass is 16.5. The Bertz CT molecular complexity index is 594. The van der Waals surface area contributed by atoms with E-state index in [9.17, 15) is 4.79 Å². The van der Waals surface area contributed by atoms with Gasteiger partial charge in [0.15, 0.2) is 0 Å². The van der Waals surface area contributed by atoms with E-state index >= 15 is 0 Å². The van der Waals surface area contributed by atoms with Crippen molar-refractivity contribution in [2.45, 2.75) is 51.4 Å². The van der Waals surface area contributed by atoms with Crippen LogP contribution >= 0.6 is 0 Å². The second kappa shape index (κ2) is 5.29. The number of hydrogen-bond acceptors (Lipinski definition) is 3. The van der Waals surface area contributed by atoms with Crippen molar-refractivity contribution >= 4 is 5.97 Å². The fourth-order valence-electron chi connectivity index (χ4n) is 5.04. The second-order valence-electron chi connectivity index (χ2n) is 7.29. The van der Waals surface area contributed by atoms with Gasteiger partial charge >= 0.3 is 5.97 Å². The molecule has 0 aliphatic heterocycles. The Morgan fingerprint density at radius 2 is 2.00 bits per heavy atom. The standard InChI is InChI=1S/C19H26O3/c1-18-10-5-11-19(2,17(20)22-4)16(18)9-7-13-6-8-14(21-3)12-15(13)18/h6,8,12,16H,5,7,9-11H2,1-4H3/t16-,18?,19+/m1/s1. The molecule has 0 saturated heterocycles. The topological polar surface area (TPSA) is 35.5 Å². The highest BCUT2D eigenvalue weighted by molar-refractivity contribution is 5.77. The predicted molar refractivity (Wildman–Crippen MR) is 86.1 cm³/mol. The number of ether oxygens (including phenoxy) is 2. The minimum Gasteiger partial charge on any atom is -0.497 e. The summed E-state index contributed by atoms with van der Waals surface area (Å²) >= 11 is 0. The third-order valence-corrected chi connectivity index (χ3v) is 6.22. The maximum absolute atomic E-state index is 12.5. The molecule has 3 rings (SSSR count). The van der Waals surface area contributed by atoms with Crippen molar-refractivity contribution in [3.05, 3.63) is 29.3 Å². The number of hydrogen-bond donors (Lipinski definition) is 0. The van der Waals surface area contributed by atoms with Gasteiger partial charge < -0.3 is 9.47 Å². The molecule has 120 valence electrons. The SMILES string of the molecule is COC(=O)[C@@]1(C)CCCC2(C)c3cc(OC)ccc3CC[C@H]21. The fourth-order valence-corrected chi connectivity index (χ4v) is 5.04. The number of fused-ring (bicyclic) bond motifs is 3. The molecule has 0 aromatic heterocycles. The zero-order valence-electron chi connectivity index (χ0n) is 14.1. The highest BCUT2D eigenvalue weighted by Crippen LogP contribution is 2.57. The van der Waals surface area contributed by atoms with Gasteiger partial charge in [0, 0.05) is 0 Å². The van der Waals surface area contributed by atoms with E-state index in [4.69, 9.17) is 9.47 Å². The van der Waals surface area contributed by atoms with Gasteiger partial charge in [-0.2, -0.15) is 0 Å². The maximum Gasteiger partial charge on any atom is 0.311 e. The quantitative estimate of drug-likeness (QED) is 0.778. The summed E-state index contributed by atoms with van der Waals surface area (Å²) in [4.78, 5) is 12.5. The molecule has 0 N–H and O–H groups in total. The largest absolute Gasteiger partial charge is 0.497 e. The van der Waals surface area contributed by atoms with Gasteiger partial charge in [0.1, 0.15) is 5.75 Å². The van der Waals surface area contributed by atoms with Crippen LogP contribution in [0.4, 0.5) is 0 Å². The summed E-state index contributed by atoms with van der Waals surface area (Å²) in [6.45, 7) is 4.43. The van der Waals surface area contributed by atoms with Crippen LogP contribution in [0.25, 0.3) is 0 Å². The molecule has 0 amide bonds. The lowest BCUT2D eigenvalue weighted by atomic mass is 9.50. The Hall–Kier alpha value is -1.51. The summed E-state index contributed by atoms with van der Waals surface area (Å²) in [6, 6.07) is 6.43. The van der Waals surface area contributed by atoms with Crippen LogP contribution in [-0.4, -0.2) is 20.2 Å². The Morgan fingerprint density at radius 3 is 2.68 bits per heavy atom. The molecular weight excluding hydrogens is 276 g/mol. The van der Waals surface area contributed by atoms with Crippen LogP contribution < -0.4 is 4.74 Å². The van der Waals surface area contributed by atoms with Gasteiger partial charge in [-0.05, 0) is 67.2 Å². The second-order valence-corrected chi connectivity index (χ2v) is 7.29. The van der Waals surface area contributed by atoms with Gasteiger partial charge in [0.25, 0.3) is 0 Å². The monoisotopic (exact) mass is 302 g/mol. The highest BCUT2D eigenvalue weighted by Gasteiger charge is 2.55. The zero-order chi connectivity index (χ0) is 16.0. The van der Waals surface area contributed by atoms with Gasteiger partial charge in [-0.15, -0.1) is 0 Å². The van der Waals surface area contributed by atoms with E-state index in [1.54, 1.807) is 7.11 Å². The summed E-state index contributed by atoms with van der Waals surface area (Å²) < 4.78 is 10.6. The Labute approximate surface area is 133 Å². The lowest BCUT2D eigenvalue weighted by Gasteiger charge is -2.54. The molecule has 1 aromatic rings. The first kappa shape index (κ1) is 15.4. The van der Waals surface area contributed by atoms with Crippen molar-refractivity contribution in [1.82, 2.24) is 0 Å². The molecule has 3 heteroatoms. The number of carbonyl (C=O) groups excluding carboxylic acids is 1. The molecule has 2 aliphatic carbocycles. The van der Waals surface area contributed by atoms with E-state index < -0.39 is 0 Å². The lowest BCUT2D eigenvalue weighted by molar-refractivity contribution is -0.161. The third kappa shape index (κ3) is 2.05. The molecule has 3 nitrogen and oxygen atoms in total. The average molecular weight is 302 g/mol. The van der Waals surface area contributed by atoms with E-state index in [0.29, 0.717) is 5.92 Å². The number of esters is 1. The maximum atomic E-state index is 12.5. The molecule has 3 atom stereocenters. The number of methoxy groups -OCH3 is 2. The van der Waals surface area contributed by atoms with E-state index in [-0.39, 0.29) is 16.8 Å². The minimum atomic E-state index is -0.373. The van der Waals surface area contributed by atoms with Crippen LogP contribution in [-0.2, 0) is 21.4 Å². The van der Waals surface area contributed by atoms with Crippen LogP contribution in [0.3, 0.4) is 0 Å². The molecular formula is C19H26O3. The molecule has 22 heavy (non-hydrogen) atoms. The third-order valence-electron chi connectivity index (χ3n) is 6.22. The normalized spacial score (nSPS) is 33.5. The van der Waals surface area contributed by atoms with Crippen LogP contribution in [0.15, 0.2) is 18.2 Å². The average Bonchev–Trinajstić information content (AvgIpc) is 2.53. The molecule has 1 aromatic carbocycles. The van der Waals surface area contributed by atoms with Crippen molar-refractivity contribution in [3.8, 4) is 5.75 Å². The smallest absolute Gasteiger partial charge is 0.311 e. The van der Waals surface area contributed by atoms with Crippen LogP contribution in [0.1, 0.15) is 50.7 Å². The van der Waals surface area contributed by atoms with Crippen molar-refractivity contribution in [3.63, 3.8) is 0 Å². The molecule has 0 radical (unpaired) electrons. The van der Waals surface area contributed by atoms with Crippen LogP contribution in [0.5, 0.6) is 5.75 Å². The molecule has 1 saturated carbocycles. The zero-order valence-corrected chi connectivity index (χ0v) is 14.1. The Morgan fingerprint density at radius 1 is 1.23 bits per heavy atom. The number of rotatable bonds is 2. The summed E-state index contributed by atoms with van der Waals surface area (Å²) in [5, 5.41) is 0. The first-order chi connectivity index (χ1) is 10.5. The molecule has 1 fully saturated rings. The summed E-state index contributed by atoms with van der Waals surface area (Å²) in [5.74, 6) is 1.20. The number of benzene rings is 1. The number of carbonyl (C=O) groups is 1. The molecule has 0 heterocycles. The van der Waals surface area contributed by atoms with E-state index in [1.807, 2.05) is 6.07 Å². The van der Waals surface area contributed by atoms with Gasteiger partial charge in [0.05, 0.1) is 19.6 Å². The lowest BCUT2D eigenvalue weighted by Crippen LogP contribution is -2.52. The van der Waals surface area contributed by atoms with Crippen molar-refractivity contribution in [1.29, 1.82) is 0 Å². The molecule has 1 unspecified atom stereocenters. The Balaban J connectivity index is 2.09. The van der Waals surface area contributed by atoms with E-state index in [0.717, 1.165) is 37.9 Å². The fraction of sp³-hybridized carbons (Fsp3) is 0.632. The Kier molecular flexibility index (Phi) is 3.70. The number of aryl methyl sites for hydroxylation is 1. The predicted octanol–water partition coefficient (Wildman–Crippen LogP) is 3.88. The van der Waals surface area contributed by atoms with Crippen LogP contribution in [0, 0.1) is 11.3 Å². The summed E-state index contributed by atoms with van der Waals surface area (Å²) in [5.41, 5.74) is 2.44. The molecule has 0 spiro atoms. The van der Waals surface area contributed by atoms with E-state index in [2.05, 4.69) is 26.0 Å². The van der Waals surface area contributed by atoms with Crippen molar-refractivity contribution in [2.75, 3.05) is 14.2 Å². The van der Waals surface area contributed by atoms with Gasteiger partial charge in [-0.1, -0.05) is 19.4 Å². The molecule has 0 bridgehead atoms.